The van der Waals surface area contributed by atoms with Crippen LogP contribution in [0.25, 0.3) is 0 Å². The van der Waals surface area contributed by atoms with Gasteiger partial charge in [0.05, 0.1) is 24.9 Å². The van der Waals surface area contributed by atoms with Crippen LogP contribution in [0, 0.1) is 52.3 Å². The van der Waals surface area contributed by atoms with Crippen molar-refractivity contribution < 1.29 is 24.2 Å². The minimum absolute atomic E-state index is 0.0129. The molecule has 0 spiro atoms. The molecule has 12 atom stereocenters. The third-order valence-electron chi connectivity index (χ3n) is 15.5. The summed E-state index contributed by atoms with van der Waals surface area (Å²) < 4.78 is 12.4. The molecule has 9 nitrogen and oxygen atoms in total. The number of hydrogen-bond donors (Lipinski definition) is 2. The van der Waals surface area contributed by atoms with Gasteiger partial charge in [0.15, 0.2) is 5.69 Å². The molecule has 1 saturated heterocycles. The molecule has 5 aliphatic carbocycles. The number of esters is 1. The summed E-state index contributed by atoms with van der Waals surface area (Å²) in [6.07, 6.45) is 22.6. The number of carbonyl (C=O) groups excluding carboxylic acids is 2. The number of aliphatic hydroxyl groups is 1. The number of aromatic nitrogens is 2. The van der Waals surface area contributed by atoms with E-state index in [4.69, 9.17) is 9.47 Å². The molecule has 50 heavy (non-hydrogen) atoms. The minimum Gasteiger partial charge on any atom is -0.459 e. The van der Waals surface area contributed by atoms with Crippen molar-refractivity contribution in [3.63, 3.8) is 0 Å². The third kappa shape index (κ3) is 6.83. The zero-order chi connectivity index (χ0) is 35.0. The maximum atomic E-state index is 13.9. The molecule has 5 saturated carbocycles. The van der Waals surface area contributed by atoms with Gasteiger partial charge in [-0.05, 0) is 129 Å². The summed E-state index contributed by atoms with van der Waals surface area (Å²) in [6, 6.07) is 0.403. The van der Waals surface area contributed by atoms with Gasteiger partial charge in [-0.1, -0.05) is 47.0 Å². The highest BCUT2D eigenvalue weighted by Gasteiger charge is 2.65. The fourth-order valence-electron chi connectivity index (χ4n) is 12.8. The summed E-state index contributed by atoms with van der Waals surface area (Å²) in [5.74, 6) is 4.10. The van der Waals surface area contributed by atoms with E-state index in [1.807, 2.05) is 4.90 Å². The molecule has 0 bridgehead atoms. The molecule has 9 unspecified atom stereocenters. The van der Waals surface area contributed by atoms with Crippen LogP contribution in [0.4, 0.5) is 4.79 Å². The molecule has 2 heterocycles. The van der Waals surface area contributed by atoms with Crippen LogP contribution in [0.3, 0.4) is 0 Å². The van der Waals surface area contributed by atoms with Crippen molar-refractivity contribution in [3.05, 3.63) is 24.3 Å². The van der Waals surface area contributed by atoms with Gasteiger partial charge >= 0.3 is 12.0 Å². The van der Waals surface area contributed by atoms with Crippen LogP contribution in [-0.2, 0) is 9.47 Å². The molecule has 6 fully saturated rings. The lowest BCUT2D eigenvalue weighted by molar-refractivity contribution is -0.118. The van der Waals surface area contributed by atoms with E-state index in [1.165, 1.54) is 63.5 Å². The van der Waals surface area contributed by atoms with Gasteiger partial charge in [-0.3, -0.25) is 4.98 Å². The van der Waals surface area contributed by atoms with Crippen LogP contribution >= 0.6 is 0 Å². The van der Waals surface area contributed by atoms with Crippen molar-refractivity contribution in [2.75, 3.05) is 19.8 Å². The average molecular weight is 693 g/mol. The Balaban J connectivity index is 0.955. The van der Waals surface area contributed by atoms with Gasteiger partial charge in [-0.15, -0.1) is 0 Å². The Hall–Kier alpha value is -2.26. The number of carbonyl (C=O) groups is 2. The molecule has 1 aliphatic heterocycles. The van der Waals surface area contributed by atoms with E-state index in [0.717, 1.165) is 69.1 Å². The molecule has 278 valence electrons. The van der Waals surface area contributed by atoms with Crippen molar-refractivity contribution in [2.45, 2.75) is 148 Å². The van der Waals surface area contributed by atoms with Crippen LogP contribution in [0.15, 0.2) is 18.6 Å². The molecule has 1 aromatic heterocycles. The summed E-state index contributed by atoms with van der Waals surface area (Å²) >= 11 is 0. The SMILES string of the molecule is CC(CO)CCC1OC2CC3C4CCC5C[C@H](NC(=O)N(CCOC(=O)c6cnccn6)C6CCCCC6)CCC5(C)C4CCC3(C)[C@H]2[C@@H]1C. The summed E-state index contributed by atoms with van der Waals surface area (Å²) in [6.45, 7) is 10.7. The number of urea groups is 1. The largest absolute Gasteiger partial charge is 0.459 e. The van der Waals surface area contributed by atoms with Crippen LogP contribution in [0.5, 0.6) is 0 Å². The Morgan fingerprint density at radius 3 is 2.60 bits per heavy atom. The quantitative estimate of drug-likeness (QED) is 0.245. The van der Waals surface area contributed by atoms with Crippen LogP contribution < -0.4 is 5.32 Å². The minimum atomic E-state index is -0.497. The lowest BCUT2D eigenvalue weighted by atomic mass is 9.44. The van der Waals surface area contributed by atoms with E-state index in [9.17, 15) is 14.7 Å². The summed E-state index contributed by atoms with van der Waals surface area (Å²) in [5.41, 5.74) is 0.912. The van der Waals surface area contributed by atoms with Gasteiger partial charge in [0.25, 0.3) is 0 Å². The standard InChI is InChI=1S/C41H64N4O5/c1-26(25-46)10-13-35-27(2)37-36(50-35)23-33-31-12-11-28-22-29(14-16-40(28,3)32(31)15-17-41(33,37)4)44-39(48)45(30-8-6-5-7-9-30)20-21-49-38(47)34-24-42-18-19-43-34/h18-19,24,26-33,35-37,46H,5-17,20-23,25H2,1-4H3,(H,44,48)/t26?,27-,28?,29-,31?,32?,33?,35?,36?,37+,40?,41?/m1/s1. The van der Waals surface area contributed by atoms with E-state index in [1.54, 1.807) is 0 Å². The third-order valence-corrected chi connectivity index (χ3v) is 15.5. The monoisotopic (exact) mass is 692 g/mol. The zero-order valence-electron chi connectivity index (χ0n) is 31.2. The molecule has 0 aromatic carbocycles. The Morgan fingerprint density at radius 2 is 1.84 bits per heavy atom. The fourth-order valence-corrected chi connectivity index (χ4v) is 12.8. The first-order chi connectivity index (χ1) is 24.1. The molecular formula is C41H64N4O5. The predicted molar refractivity (Wildman–Crippen MR) is 192 cm³/mol. The molecule has 0 radical (unpaired) electrons. The van der Waals surface area contributed by atoms with E-state index < -0.39 is 5.97 Å². The second-order valence-electron chi connectivity index (χ2n) is 18.0. The number of aliphatic hydroxyl groups excluding tert-OH is 1. The second-order valence-corrected chi connectivity index (χ2v) is 18.0. The first-order valence-corrected chi connectivity index (χ1v) is 20.4. The molecule has 2 N–H and O–H groups in total. The Bertz CT molecular complexity index is 1330. The maximum absolute atomic E-state index is 13.9. The van der Waals surface area contributed by atoms with E-state index in [0.29, 0.717) is 53.3 Å². The summed E-state index contributed by atoms with van der Waals surface area (Å²) in [7, 11) is 0. The molecule has 9 heteroatoms. The van der Waals surface area contributed by atoms with E-state index in [-0.39, 0.29) is 37.0 Å². The van der Waals surface area contributed by atoms with Crippen molar-refractivity contribution >= 4 is 12.0 Å². The number of ether oxygens (including phenoxy) is 2. The average Bonchev–Trinajstić information content (AvgIpc) is 3.62. The summed E-state index contributed by atoms with van der Waals surface area (Å²) in [5, 5.41) is 13.1. The van der Waals surface area contributed by atoms with Crippen LogP contribution in [0.1, 0.15) is 134 Å². The number of nitrogens with one attached hydrogen (secondary N) is 1. The number of fused-ring (bicyclic) bond motifs is 7. The summed E-state index contributed by atoms with van der Waals surface area (Å²) in [4.78, 5) is 36.4. The van der Waals surface area contributed by atoms with Crippen molar-refractivity contribution in [2.24, 2.45) is 52.3 Å². The van der Waals surface area contributed by atoms with Gasteiger partial charge in [0, 0.05) is 31.1 Å². The molecule has 6 aliphatic rings. The zero-order valence-corrected chi connectivity index (χ0v) is 31.2. The number of amides is 2. The molecular weight excluding hydrogens is 628 g/mol. The number of nitrogens with zero attached hydrogens (tertiary/aromatic N) is 3. The lowest BCUT2D eigenvalue weighted by Crippen LogP contribution is -2.57. The highest BCUT2D eigenvalue weighted by molar-refractivity contribution is 5.86. The van der Waals surface area contributed by atoms with Crippen molar-refractivity contribution in [1.29, 1.82) is 0 Å². The topological polar surface area (TPSA) is 114 Å². The number of hydrogen-bond acceptors (Lipinski definition) is 7. The van der Waals surface area contributed by atoms with Crippen LogP contribution in [0.2, 0.25) is 0 Å². The Labute approximate surface area is 300 Å². The van der Waals surface area contributed by atoms with Gasteiger partial charge in [0.1, 0.15) is 6.61 Å². The normalized spacial score (nSPS) is 40.1. The van der Waals surface area contributed by atoms with Gasteiger partial charge in [-0.25, -0.2) is 14.6 Å². The predicted octanol–water partition coefficient (Wildman–Crippen LogP) is 7.43. The highest BCUT2D eigenvalue weighted by atomic mass is 16.5. The molecule has 7 rings (SSSR count). The first-order valence-electron chi connectivity index (χ1n) is 20.4. The fraction of sp³-hybridized carbons (Fsp3) is 0.854. The lowest BCUT2D eigenvalue weighted by Gasteiger charge is -2.61. The number of rotatable bonds is 10. The maximum Gasteiger partial charge on any atom is 0.358 e. The molecule has 2 amide bonds. The van der Waals surface area contributed by atoms with Crippen molar-refractivity contribution in [3.8, 4) is 0 Å². The van der Waals surface area contributed by atoms with E-state index >= 15 is 0 Å². The van der Waals surface area contributed by atoms with Crippen molar-refractivity contribution in [1.82, 2.24) is 20.2 Å². The van der Waals surface area contributed by atoms with Gasteiger partial charge in [0.2, 0.25) is 0 Å². The molecule has 1 aromatic rings. The van der Waals surface area contributed by atoms with Gasteiger partial charge in [-0.2, -0.15) is 0 Å². The first kappa shape index (κ1) is 36.1. The smallest absolute Gasteiger partial charge is 0.358 e. The van der Waals surface area contributed by atoms with Crippen LogP contribution in [-0.4, -0.2) is 76.0 Å². The highest BCUT2D eigenvalue weighted by Crippen LogP contribution is 2.70. The Morgan fingerprint density at radius 1 is 1.04 bits per heavy atom. The van der Waals surface area contributed by atoms with E-state index in [2.05, 4.69) is 43.0 Å². The second kappa shape index (κ2) is 15.0. The Kier molecular flexibility index (Phi) is 10.8. The van der Waals surface area contributed by atoms with Gasteiger partial charge < -0.3 is 24.8 Å².